The van der Waals surface area contributed by atoms with E-state index < -0.39 is 32.5 Å². The highest BCUT2D eigenvalue weighted by atomic mass is 31.2. The molecule has 0 heterocycles. The van der Waals surface area contributed by atoms with Gasteiger partial charge in [-0.05, 0) is 148 Å². The standard InChI is InChI=1S/C80H126NO8P/c1-6-8-10-12-14-16-18-20-22-24-26-28-30-32-34-36-38-39-40-41-43-45-47-49-51-53-55-57-59-61-63-65-67-69-71-73-80(83)89-78(77-88-90(84,85)87-75-74-81(3,4)5)76-86-79(82)72-70-68-66-64-62-60-58-56-54-52-50-48-46-44-42-37-35-33-31-29-27-25-23-21-19-17-15-13-11-9-7-2/h8-11,14-17,20-23,26-29,32-35,38-39,41-44,47-50,53,55,59,61,78H,6-7,12-13,18-19,24-25,30-31,36-37,40,45-46,51-52,54,56-58,60,62-77H2,1-5H3/b10-8-,11-9-,16-14-,17-15-,22-20-,23-21-,28-26-,29-27-,34-32-,35-33-,39-38-,43-41-,44-42-,49-47-,50-48-,55-53-,61-59-. The Morgan fingerprint density at radius 3 is 0.889 bits per heavy atom. The molecule has 0 fully saturated rings. The fourth-order valence-corrected chi connectivity index (χ4v) is 9.27. The largest absolute Gasteiger partial charge is 0.756 e. The summed E-state index contributed by atoms with van der Waals surface area (Å²) < 4.78 is 34.3. The van der Waals surface area contributed by atoms with Crippen molar-refractivity contribution in [3.05, 3.63) is 207 Å². The highest BCUT2D eigenvalue weighted by Gasteiger charge is 2.22. The number of ether oxygens (including phenoxy) is 2. The maximum absolute atomic E-state index is 12.9. The minimum absolute atomic E-state index is 0.0493. The van der Waals surface area contributed by atoms with Crippen LogP contribution in [0.25, 0.3) is 0 Å². The molecule has 0 aliphatic heterocycles. The molecule has 0 aromatic heterocycles. The first-order valence-electron chi connectivity index (χ1n) is 34.8. The number of unbranched alkanes of at least 4 members (excludes halogenated alkanes) is 13. The van der Waals surface area contributed by atoms with E-state index in [-0.39, 0.29) is 26.1 Å². The zero-order chi connectivity index (χ0) is 65.5. The molecule has 2 unspecified atom stereocenters. The van der Waals surface area contributed by atoms with Gasteiger partial charge in [0.2, 0.25) is 0 Å². The number of hydrogen-bond donors (Lipinski definition) is 0. The first-order chi connectivity index (χ1) is 44.0. The third-order valence-corrected chi connectivity index (χ3v) is 14.8. The van der Waals surface area contributed by atoms with Crippen LogP contribution >= 0.6 is 7.82 Å². The molecule has 0 aliphatic rings. The summed E-state index contributed by atoms with van der Waals surface area (Å²) in [7, 11) is 1.11. The Kier molecular flexibility index (Phi) is 63.9. The lowest BCUT2D eigenvalue weighted by Gasteiger charge is -2.28. The maximum atomic E-state index is 12.9. The van der Waals surface area contributed by atoms with Crippen LogP contribution in [-0.2, 0) is 32.7 Å². The Balaban J connectivity index is 4.23. The van der Waals surface area contributed by atoms with E-state index in [1.54, 1.807) is 0 Å². The Hall–Kier alpha value is -5.41. The molecular weight excluding hydrogens is 1130 g/mol. The second-order valence-electron chi connectivity index (χ2n) is 23.4. The molecular formula is C80H126NO8P. The monoisotopic (exact) mass is 1260 g/mol. The maximum Gasteiger partial charge on any atom is 0.306 e. The summed E-state index contributed by atoms with van der Waals surface area (Å²) in [6.45, 7) is 3.95. The van der Waals surface area contributed by atoms with E-state index in [1.807, 2.05) is 21.1 Å². The number of carbonyl (C=O) groups is 2. The van der Waals surface area contributed by atoms with Crippen molar-refractivity contribution in [2.75, 3.05) is 47.5 Å². The molecule has 0 bridgehead atoms. The molecule has 0 aromatic rings. The van der Waals surface area contributed by atoms with Crippen molar-refractivity contribution >= 4 is 19.8 Å². The van der Waals surface area contributed by atoms with Crippen molar-refractivity contribution < 1.29 is 42.1 Å². The molecule has 90 heavy (non-hydrogen) atoms. The van der Waals surface area contributed by atoms with Crippen LogP contribution in [0.2, 0.25) is 0 Å². The number of nitrogens with zero attached hydrogens (tertiary/aromatic N) is 1. The van der Waals surface area contributed by atoms with Crippen molar-refractivity contribution in [2.45, 2.75) is 238 Å². The van der Waals surface area contributed by atoms with E-state index in [0.29, 0.717) is 23.9 Å². The van der Waals surface area contributed by atoms with Gasteiger partial charge in [0.15, 0.2) is 6.10 Å². The van der Waals surface area contributed by atoms with Crippen molar-refractivity contribution in [1.82, 2.24) is 0 Å². The predicted octanol–water partition coefficient (Wildman–Crippen LogP) is 22.4. The summed E-state index contributed by atoms with van der Waals surface area (Å²) in [6.07, 6.45) is 107. The molecule has 2 atom stereocenters. The summed E-state index contributed by atoms with van der Waals surface area (Å²) in [5, 5.41) is 0. The molecule has 0 rings (SSSR count). The van der Waals surface area contributed by atoms with Gasteiger partial charge in [-0.25, -0.2) is 0 Å². The second-order valence-corrected chi connectivity index (χ2v) is 24.8. The van der Waals surface area contributed by atoms with Gasteiger partial charge >= 0.3 is 11.9 Å². The van der Waals surface area contributed by atoms with Crippen LogP contribution in [0.5, 0.6) is 0 Å². The fourth-order valence-electron chi connectivity index (χ4n) is 8.55. The number of allylic oxidation sites excluding steroid dienone is 34. The normalized spacial score (nSPS) is 14.4. The average molecular weight is 1260 g/mol. The van der Waals surface area contributed by atoms with Gasteiger partial charge in [-0.1, -0.05) is 278 Å². The first-order valence-corrected chi connectivity index (χ1v) is 36.3. The lowest BCUT2D eigenvalue weighted by atomic mass is 10.1. The lowest BCUT2D eigenvalue weighted by molar-refractivity contribution is -0.870. The molecule has 0 N–H and O–H groups in total. The minimum Gasteiger partial charge on any atom is -0.756 e. The molecule has 504 valence electrons. The van der Waals surface area contributed by atoms with Crippen LogP contribution in [0.1, 0.15) is 232 Å². The fraction of sp³-hybridized carbons (Fsp3) is 0.550. The zero-order valence-electron chi connectivity index (χ0n) is 57.2. The Bertz CT molecular complexity index is 2270. The van der Waals surface area contributed by atoms with Crippen molar-refractivity contribution in [2.24, 2.45) is 0 Å². The van der Waals surface area contributed by atoms with Gasteiger partial charge in [-0.3, -0.25) is 14.2 Å². The van der Waals surface area contributed by atoms with E-state index in [2.05, 4.69) is 220 Å². The number of phosphoric ester groups is 1. The van der Waals surface area contributed by atoms with Crippen LogP contribution in [0.4, 0.5) is 0 Å². The number of esters is 2. The highest BCUT2D eigenvalue weighted by Crippen LogP contribution is 2.38. The van der Waals surface area contributed by atoms with Gasteiger partial charge in [0.05, 0.1) is 27.7 Å². The topological polar surface area (TPSA) is 111 Å². The lowest BCUT2D eigenvalue weighted by Crippen LogP contribution is -2.37. The van der Waals surface area contributed by atoms with E-state index in [0.717, 1.165) is 161 Å². The van der Waals surface area contributed by atoms with E-state index >= 15 is 0 Å². The van der Waals surface area contributed by atoms with Crippen molar-refractivity contribution in [3.63, 3.8) is 0 Å². The van der Waals surface area contributed by atoms with Gasteiger partial charge in [0.1, 0.15) is 19.8 Å². The van der Waals surface area contributed by atoms with E-state index in [9.17, 15) is 19.0 Å². The summed E-state index contributed by atoms with van der Waals surface area (Å²) in [6, 6.07) is 0. The van der Waals surface area contributed by atoms with Crippen LogP contribution in [0.15, 0.2) is 207 Å². The molecule has 0 aliphatic carbocycles. The van der Waals surface area contributed by atoms with Crippen LogP contribution < -0.4 is 4.89 Å². The van der Waals surface area contributed by atoms with Gasteiger partial charge in [-0.2, -0.15) is 0 Å². The second kappa shape index (κ2) is 68.0. The SMILES string of the molecule is CC/C=C\C/C=C\C/C=C\C/C=C\C/C=C\C/C=C\C/C=C\C/C=C\C/C=C\C/C=C\CCCCCCC(=O)OC(COC(=O)CCCCCCCCCCC/C=C\C/C=C\C/C=C\C/C=C\C/C=C\C/C=C\C/C=C\CC)COP(=O)([O-])OCC[N+](C)(C)C. The smallest absolute Gasteiger partial charge is 0.306 e. The number of hydrogen-bond acceptors (Lipinski definition) is 8. The zero-order valence-corrected chi connectivity index (χ0v) is 58.1. The summed E-state index contributed by atoms with van der Waals surface area (Å²) in [5.41, 5.74) is 0. The average Bonchev–Trinajstić information content (AvgIpc) is 3.61. The van der Waals surface area contributed by atoms with Crippen LogP contribution in [0.3, 0.4) is 0 Å². The number of phosphoric acid groups is 1. The third-order valence-electron chi connectivity index (χ3n) is 13.8. The van der Waals surface area contributed by atoms with E-state index in [4.69, 9.17) is 18.5 Å². The predicted molar refractivity (Wildman–Crippen MR) is 387 cm³/mol. The van der Waals surface area contributed by atoms with Gasteiger partial charge in [-0.15, -0.1) is 0 Å². The van der Waals surface area contributed by atoms with Crippen LogP contribution in [0, 0.1) is 0 Å². The quantitative estimate of drug-likeness (QED) is 0.0195. The van der Waals surface area contributed by atoms with Crippen LogP contribution in [-0.4, -0.2) is 70.0 Å². The Morgan fingerprint density at radius 1 is 0.344 bits per heavy atom. The molecule has 9 nitrogen and oxygen atoms in total. The number of quaternary nitrogens is 1. The third kappa shape index (κ3) is 71.7. The van der Waals surface area contributed by atoms with Gasteiger partial charge in [0, 0.05) is 12.8 Å². The molecule has 0 saturated heterocycles. The first kappa shape index (κ1) is 84.6. The molecule has 10 heteroatoms. The van der Waals surface area contributed by atoms with Crippen molar-refractivity contribution in [1.29, 1.82) is 0 Å². The Morgan fingerprint density at radius 2 is 0.600 bits per heavy atom. The molecule has 0 radical (unpaired) electrons. The minimum atomic E-state index is -4.67. The van der Waals surface area contributed by atoms with Gasteiger partial charge < -0.3 is 27.9 Å². The summed E-state index contributed by atoms with van der Waals surface area (Å²) in [4.78, 5) is 38.1. The van der Waals surface area contributed by atoms with Crippen molar-refractivity contribution in [3.8, 4) is 0 Å². The number of rotatable bonds is 61. The summed E-state index contributed by atoms with van der Waals surface area (Å²) in [5.74, 6) is -0.886. The highest BCUT2D eigenvalue weighted by molar-refractivity contribution is 7.45. The number of likely N-dealkylation sites (N-methyl/N-ethyl adjacent to an activating group) is 1. The van der Waals surface area contributed by atoms with Gasteiger partial charge in [0.25, 0.3) is 7.82 Å². The number of carbonyl (C=O) groups excluding carboxylic acids is 2. The molecule has 0 spiro atoms. The molecule has 0 saturated carbocycles. The summed E-state index contributed by atoms with van der Waals surface area (Å²) >= 11 is 0. The Labute approximate surface area is 551 Å². The molecule has 0 amide bonds. The molecule has 0 aromatic carbocycles. The van der Waals surface area contributed by atoms with E-state index in [1.165, 1.54) is 32.1 Å².